The molecule has 4 aliphatic rings. The van der Waals surface area contributed by atoms with E-state index in [2.05, 4.69) is 356 Å². The van der Waals surface area contributed by atoms with Crippen LogP contribution in [0.1, 0.15) is 122 Å². The Balaban J connectivity index is 0.627. The molecule has 2 heteroatoms. The second kappa shape index (κ2) is 20.7. The van der Waals surface area contributed by atoms with Crippen molar-refractivity contribution in [2.75, 3.05) is 9.80 Å². The summed E-state index contributed by atoms with van der Waals surface area (Å²) >= 11 is 0. The molecule has 0 spiro atoms. The van der Waals surface area contributed by atoms with Crippen molar-refractivity contribution >= 4 is 58.4 Å². The lowest BCUT2D eigenvalue weighted by atomic mass is 9.82. The third kappa shape index (κ3) is 8.82. The van der Waals surface area contributed by atoms with E-state index in [0.29, 0.717) is 0 Å². The fraction of sp³-hybridized carbons (Fsp3) is 0.136. The van der Waals surface area contributed by atoms with E-state index in [1.165, 1.54) is 100 Å². The SMILES string of the molecule is CC1(C)c2ccccc2-c2ccc(N(c3ccc(C=Cc4ccc(-c5ccc(C=Cc6ccc(N(c7ccc8c(c7)C(C)(C)c7ccccc7-8)c7ccc8c(c7)C(C)(C)c7ccccc7-8)cc6)cc5)cc4)cc3)c3ccc4c(c3)C(C)(C)c3ccccc3-4)cc21. The molecule has 0 heterocycles. The van der Waals surface area contributed by atoms with Gasteiger partial charge in [0, 0.05) is 55.8 Å². The Morgan fingerprint density at radius 3 is 0.644 bits per heavy atom. The molecule has 12 aromatic carbocycles. The van der Waals surface area contributed by atoms with Crippen molar-refractivity contribution in [3.63, 3.8) is 0 Å². The van der Waals surface area contributed by atoms with Gasteiger partial charge in [0.25, 0.3) is 0 Å². The number of rotatable bonds is 11. The van der Waals surface area contributed by atoms with Gasteiger partial charge in [0.1, 0.15) is 0 Å². The highest BCUT2D eigenvalue weighted by Crippen LogP contribution is 2.56. The molecule has 0 atom stereocenters. The van der Waals surface area contributed by atoms with Gasteiger partial charge in [0.15, 0.2) is 0 Å². The maximum Gasteiger partial charge on any atom is 0.0465 e. The van der Waals surface area contributed by atoms with Gasteiger partial charge in [0.05, 0.1) is 0 Å². The van der Waals surface area contributed by atoms with Gasteiger partial charge in [-0.2, -0.15) is 0 Å². The van der Waals surface area contributed by atoms with Crippen LogP contribution in [0.3, 0.4) is 0 Å². The fourth-order valence-corrected chi connectivity index (χ4v) is 15.6. The van der Waals surface area contributed by atoms with Crippen LogP contribution in [0.2, 0.25) is 0 Å². The van der Waals surface area contributed by atoms with Gasteiger partial charge in [-0.05, 0) is 195 Å². The van der Waals surface area contributed by atoms with Crippen LogP contribution in [0.4, 0.5) is 34.1 Å². The van der Waals surface area contributed by atoms with E-state index in [1.807, 2.05) is 0 Å². The van der Waals surface area contributed by atoms with Crippen LogP contribution in [0.25, 0.3) is 79.9 Å². The van der Waals surface area contributed by atoms with Gasteiger partial charge < -0.3 is 9.80 Å². The van der Waals surface area contributed by atoms with Crippen LogP contribution < -0.4 is 9.80 Å². The normalized spacial score (nSPS) is 15.2. The summed E-state index contributed by atoms with van der Waals surface area (Å²) in [4.78, 5) is 4.90. The maximum absolute atomic E-state index is 2.45. The molecule has 434 valence electrons. The third-order valence-electron chi connectivity index (χ3n) is 20.7. The van der Waals surface area contributed by atoms with E-state index in [9.17, 15) is 0 Å². The summed E-state index contributed by atoms with van der Waals surface area (Å²) in [7, 11) is 0. The number of anilines is 6. The summed E-state index contributed by atoms with van der Waals surface area (Å²) in [5, 5.41) is 0. The maximum atomic E-state index is 2.45. The Kier molecular flexibility index (Phi) is 12.6. The average molecular weight is 1160 g/mol. The number of hydrogen-bond donors (Lipinski definition) is 0. The number of hydrogen-bond acceptors (Lipinski definition) is 2. The molecule has 16 rings (SSSR count). The van der Waals surface area contributed by atoms with Gasteiger partial charge in [-0.3, -0.25) is 0 Å². The molecule has 0 amide bonds. The van der Waals surface area contributed by atoms with E-state index >= 15 is 0 Å². The zero-order chi connectivity index (χ0) is 61.3. The molecule has 0 fully saturated rings. The highest BCUT2D eigenvalue weighted by atomic mass is 15.1. The molecule has 0 N–H and O–H groups in total. The first-order valence-electron chi connectivity index (χ1n) is 32.0. The highest BCUT2D eigenvalue weighted by molar-refractivity contribution is 5.91. The van der Waals surface area contributed by atoms with E-state index < -0.39 is 0 Å². The molecule has 12 aromatic rings. The number of nitrogens with zero attached hydrogens (tertiary/aromatic N) is 2. The summed E-state index contributed by atoms with van der Waals surface area (Å²) < 4.78 is 0. The van der Waals surface area contributed by atoms with Crippen molar-refractivity contribution in [1.82, 2.24) is 0 Å². The standard InChI is InChI=1S/C88H72N2/c1-85(2)77-21-13-9-17-69(77)73-49-45-65(53-81(73)85)89(66-46-50-74-70-18-10-14-22-78(70)86(3,4)82(74)54-66)63-41-33-59(34-42-63)27-25-57-29-37-61(38-30-57)62-39-31-58(32-40-62)26-28-60-35-43-64(44-36-60)90(67-47-51-75-71-19-11-15-23-79(71)87(5,6)83(75)55-67)68-48-52-76-72-20-12-16-24-80(72)88(7,8)84(76)56-68/h9-56H,1-8H3. The van der Waals surface area contributed by atoms with Gasteiger partial charge in [-0.1, -0.05) is 274 Å². The van der Waals surface area contributed by atoms with Crippen molar-refractivity contribution in [3.8, 4) is 55.6 Å². The summed E-state index contributed by atoms with van der Waals surface area (Å²) in [6.07, 6.45) is 8.88. The number of fused-ring (bicyclic) bond motifs is 12. The first kappa shape index (κ1) is 55.1. The smallest absolute Gasteiger partial charge is 0.0465 e. The Morgan fingerprint density at radius 2 is 0.400 bits per heavy atom. The van der Waals surface area contributed by atoms with Gasteiger partial charge in [0.2, 0.25) is 0 Å². The van der Waals surface area contributed by atoms with Crippen LogP contribution in [0.15, 0.2) is 267 Å². The topological polar surface area (TPSA) is 6.48 Å². The average Bonchev–Trinajstić information content (AvgIpc) is 1.64. The van der Waals surface area contributed by atoms with E-state index in [1.54, 1.807) is 0 Å². The second-order valence-corrected chi connectivity index (χ2v) is 27.4. The Hall–Kier alpha value is -10.3. The molecule has 0 unspecified atom stereocenters. The lowest BCUT2D eigenvalue weighted by Crippen LogP contribution is -2.18. The molecular weight excluding hydrogens is 1080 g/mol. The van der Waals surface area contributed by atoms with E-state index in [0.717, 1.165) is 56.4 Å². The van der Waals surface area contributed by atoms with Crippen LogP contribution in [-0.4, -0.2) is 0 Å². The predicted molar refractivity (Wildman–Crippen MR) is 382 cm³/mol. The molecule has 0 saturated carbocycles. The molecular formula is C88H72N2. The molecule has 2 nitrogen and oxygen atoms in total. The molecule has 90 heavy (non-hydrogen) atoms. The Labute approximate surface area is 531 Å². The third-order valence-corrected chi connectivity index (χ3v) is 20.7. The zero-order valence-corrected chi connectivity index (χ0v) is 52.6. The molecule has 0 saturated heterocycles. The van der Waals surface area contributed by atoms with Crippen molar-refractivity contribution in [3.05, 3.63) is 334 Å². The summed E-state index contributed by atoms with van der Waals surface area (Å²) in [5.74, 6) is 0. The van der Waals surface area contributed by atoms with E-state index in [4.69, 9.17) is 0 Å². The van der Waals surface area contributed by atoms with Crippen LogP contribution >= 0.6 is 0 Å². The first-order chi connectivity index (χ1) is 43.6. The van der Waals surface area contributed by atoms with Crippen LogP contribution in [-0.2, 0) is 21.7 Å². The quantitative estimate of drug-likeness (QED) is 0.119. The Bertz CT molecular complexity index is 4380. The minimum absolute atomic E-state index is 0.110. The molecule has 0 aliphatic heterocycles. The number of benzene rings is 12. The van der Waals surface area contributed by atoms with Crippen molar-refractivity contribution in [1.29, 1.82) is 0 Å². The summed E-state index contributed by atoms with van der Waals surface area (Å²) in [6, 6.07) is 99.9. The highest BCUT2D eigenvalue weighted by Gasteiger charge is 2.40. The lowest BCUT2D eigenvalue weighted by Gasteiger charge is -2.29. The summed E-state index contributed by atoms with van der Waals surface area (Å²) in [5.41, 5.74) is 35.1. The van der Waals surface area contributed by atoms with Gasteiger partial charge in [-0.15, -0.1) is 0 Å². The van der Waals surface area contributed by atoms with Gasteiger partial charge in [-0.25, -0.2) is 0 Å². The Morgan fingerprint density at radius 1 is 0.200 bits per heavy atom. The monoisotopic (exact) mass is 1160 g/mol. The minimum atomic E-state index is -0.110. The van der Waals surface area contributed by atoms with Crippen molar-refractivity contribution < 1.29 is 0 Å². The predicted octanol–water partition coefficient (Wildman–Crippen LogP) is 23.9. The zero-order valence-electron chi connectivity index (χ0n) is 52.6. The fourth-order valence-electron chi connectivity index (χ4n) is 15.6. The first-order valence-corrected chi connectivity index (χ1v) is 32.0. The second-order valence-electron chi connectivity index (χ2n) is 27.4. The largest absolute Gasteiger partial charge is 0.310 e. The van der Waals surface area contributed by atoms with E-state index in [-0.39, 0.29) is 21.7 Å². The minimum Gasteiger partial charge on any atom is -0.310 e. The van der Waals surface area contributed by atoms with Gasteiger partial charge >= 0.3 is 0 Å². The lowest BCUT2D eigenvalue weighted by molar-refractivity contribution is 0.659. The molecule has 0 radical (unpaired) electrons. The van der Waals surface area contributed by atoms with Crippen LogP contribution in [0.5, 0.6) is 0 Å². The molecule has 4 aliphatic carbocycles. The van der Waals surface area contributed by atoms with Crippen molar-refractivity contribution in [2.45, 2.75) is 77.0 Å². The molecule has 0 aromatic heterocycles. The van der Waals surface area contributed by atoms with Crippen molar-refractivity contribution in [2.24, 2.45) is 0 Å². The van der Waals surface area contributed by atoms with Crippen LogP contribution in [0, 0.1) is 0 Å². The summed E-state index contributed by atoms with van der Waals surface area (Å²) in [6.45, 7) is 18.9. The molecule has 0 bridgehead atoms.